The molecule has 0 aliphatic heterocycles. The molecule has 0 saturated carbocycles. The number of carboxylic acids is 1. The van der Waals surface area contributed by atoms with Crippen LogP contribution in [0.5, 0.6) is 0 Å². The van der Waals surface area contributed by atoms with Gasteiger partial charge in [0.05, 0.1) is 5.69 Å². The highest BCUT2D eigenvalue weighted by Crippen LogP contribution is 2.27. The van der Waals surface area contributed by atoms with Crippen LogP contribution in [-0.4, -0.2) is 16.2 Å². The van der Waals surface area contributed by atoms with Gasteiger partial charge in [0, 0.05) is 5.56 Å². The molecule has 2 rings (SSSR count). The van der Waals surface area contributed by atoms with Crippen LogP contribution in [0.15, 0.2) is 34.9 Å². The molecule has 4 heteroatoms. The van der Waals surface area contributed by atoms with E-state index in [2.05, 4.69) is 12.1 Å². The number of hydrogen-bond donors (Lipinski definition) is 1. The quantitative estimate of drug-likeness (QED) is 0.769. The first kappa shape index (κ1) is 14.3. The van der Waals surface area contributed by atoms with E-state index in [1.54, 1.807) is 0 Å². The summed E-state index contributed by atoms with van der Waals surface area (Å²) in [6, 6.07) is 9.24. The second-order valence-electron chi connectivity index (χ2n) is 4.82. The lowest BCUT2D eigenvalue weighted by atomic mass is 10.0. The summed E-state index contributed by atoms with van der Waals surface area (Å²) < 4.78 is 5.27. The summed E-state index contributed by atoms with van der Waals surface area (Å²) in [5, 5.41) is 13.4. The van der Waals surface area contributed by atoms with E-state index in [-0.39, 0.29) is 5.56 Å². The molecule has 0 aliphatic rings. The third kappa shape index (κ3) is 3.26. The fourth-order valence-electron chi connectivity index (χ4n) is 2.22. The van der Waals surface area contributed by atoms with Gasteiger partial charge < -0.3 is 9.63 Å². The zero-order valence-corrected chi connectivity index (χ0v) is 11.6. The number of hydrogen-bond acceptors (Lipinski definition) is 3. The molecule has 0 aliphatic carbocycles. The lowest BCUT2D eigenvalue weighted by molar-refractivity contribution is 0.0696. The van der Waals surface area contributed by atoms with E-state index in [0.717, 1.165) is 31.2 Å². The van der Waals surface area contributed by atoms with Gasteiger partial charge >= 0.3 is 5.97 Å². The highest BCUT2D eigenvalue weighted by Gasteiger charge is 2.22. The number of aryl methyl sites for hydroxylation is 1. The van der Waals surface area contributed by atoms with Gasteiger partial charge in [0.2, 0.25) is 0 Å². The van der Waals surface area contributed by atoms with Crippen LogP contribution < -0.4 is 0 Å². The lowest BCUT2D eigenvalue weighted by Crippen LogP contribution is -2.02. The highest BCUT2D eigenvalue weighted by atomic mass is 16.5. The maximum Gasteiger partial charge on any atom is 0.341 e. The van der Waals surface area contributed by atoms with Gasteiger partial charge in [0.1, 0.15) is 5.56 Å². The highest BCUT2D eigenvalue weighted by molar-refractivity contribution is 5.95. The summed E-state index contributed by atoms with van der Waals surface area (Å²) in [5.74, 6) is -0.626. The molecule has 2 aromatic rings. The second kappa shape index (κ2) is 6.89. The largest absolute Gasteiger partial charge is 0.477 e. The lowest BCUT2D eigenvalue weighted by Gasteiger charge is -2.00. The molecule has 0 radical (unpaired) electrons. The van der Waals surface area contributed by atoms with Crippen LogP contribution >= 0.6 is 0 Å². The van der Waals surface area contributed by atoms with Crippen LogP contribution in [0.1, 0.15) is 48.7 Å². The van der Waals surface area contributed by atoms with Crippen molar-refractivity contribution >= 4 is 5.97 Å². The fourth-order valence-corrected chi connectivity index (χ4v) is 2.22. The number of rotatable bonds is 7. The zero-order valence-electron chi connectivity index (χ0n) is 11.6. The van der Waals surface area contributed by atoms with Crippen LogP contribution in [0, 0.1) is 0 Å². The third-order valence-corrected chi connectivity index (χ3v) is 3.28. The summed E-state index contributed by atoms with van der Waals surface area (Å²) in [7, 11) is 0. The molecule has 0 bridgehead atoms. The molecule has 0 saturated heterocycles. The van der Waals surface area contributed by atoms with E-state index in [0.29, 0.717) is 17.9 Å². The first-order valence-corrected chi connectivity index (χ1v) is 7.01. The van der Waals surface area contributed by atoms with Crippen LogP contribution in [0.2, 0.25) is 0 Å². The minimum Gasteiger partial charge on any atom is -0.477 e. The normalized spacial score (nSPS) is 10.7. The van der Waals surface area contributed by atoms with Crippen LogP contribution in [-0.2, 0) is 6.42 Å². The average Bonchev–Trinajstić information content (AvgIpc) is 2.88. The Morgan fingerprint density at radius 1 is 1.20 bits per heavy atom. The Morgan fingerprint density at radius 2 is 1.95 bits per heavy atom. The number of carbonyl (C=O) groups is 1. The Kier molecular flexibility index (Phi) is 4.93. The molecule has 20 heavy (non-hydrogen) atoms. The van der Waals surface area contributed by atoms with Crippen molar-refractivity contribution in [3.8, 4) is 11.3 Å². The summed E-state index contributed by atoms with van der Waals surface area (Å²) in [6.07, 6.45) is 4.99. The molecule has 1 heterocycles. The molecule has 0 amide bonds. The Bertz CT molecular complexity index is 560. The standard InChI is InChI=1S/C16H19NO3/c1-2-3-4-8-11-13-14(16(18)19)15(20-17-13)12-9-6-5-7-10-12/h5-7,9-10H,2-4,8,11H2,1H3,(H,18,19). The van der Waals surface area contributed by atoms with E-state index in [1.165, 1.54) is 0 Å². The van der Waals surface area contributed by atoms with E-state index in [1.807, 2.05) is 30.3 Å². The number of aromatic nitrogens is 1. The molecule has 0 unspecified atom stereocenters. The number of nitrogens with zero attached hydrogens (tertiary/aromatic N) is 1. The van der Waals surface area contributed by atoms with Gasteiger partial charge in [0.25, 0.3) is 0 Å². The maximum absolute atomic E-state index is 11.5. The van der Waals surface area contributed by atoms with Crippen molar-refractivity contribution in [3.05, 3.63) is 41.6 Å². The van der Waals surface area contributed by atoms with Gasteiger partial charge in [-0.25, -0.2) is 4.79 Å². The molecule has 0 spiro atoms. The molecule has 106 valence electrons. The Hall–Kier alpha value is -2.10. The molecular formula is C16H19NO3. The van der Waals surface area contributed by atoms with Crippen LogP contribution in [0.25, 0.3) is 11.3 Å². The predicted molar refractivity (Wildman–Crippen MR) is 76.7 cm³/mol. The van der Waals surface area contributed by atoms with Crippen molar-refractivity contribution in [2.45, 2.75) is 39.0 Å². The van der Waals surface area contributed by atoms with E-state index < -0.39 is 5.97 Å². The molecule has 1 N–H and O–H groups in total. The summed E-state index contributed by atoms with van der Waals surface area (Å²) in [4.78, 5) is 11.5. The molecule has 0 atom stereocenters. The predicted octanol–water partition coefficient (Wildman–Crippen LogP) is 4.16. The summed E-state index contributed by atoms with van der Waals surface area (Å²) >= 11 is 0. The Labute approximate surface area is 118 Å². The van der Waals surface area contributed by atoms with Crippen molar-refractivity contribution < 1.29 is 14.4 Å². The molecule has 0 fully saturated rings. The minimum atomic E-state index is -0.976. The number of unbranched alkanes of at least 4 members (excludes halogenated alkanes) is 3. The molecular weight excluding hydrogens is 254 g/mol. The minimum absolute atomic E-state index is 0.202. The number of carboxylic acid groups (broad SMARTS) is 1. The monoisotopic (exact) mass is 273 g/mol. The van der Waals surface area contributed by atoms with Crippen molar-refractivity contribution in [1.29, 1.82) is 0 Å². The molecule has 4 nitrogen and oxygen atoms in total. The maximum atomic E-state index is 11.5. The van der Waals surface area contributed by atoms with Gasteiger partial charge in [-0.15, -0.1) is 0 Å². The fraction of sp³-hybridized carbons (Fsp3) is 0.375. The van der Waals surface area contributed by atoms with Crippen LogP contribution in [0.3, 0.4) is 0 Å². The van der Waals surface area contributed by atoms with Gasteiger partial charge in [-0.2, -0.15) is 0 Å². The van der Waals surface area contributed by atoms with Gasteiger partial charge in [-0.3, -0.25) is 0 Å². The first-order valence-electron chi connectivity index (χ1n) is 7.01. The van der Waals surface area contributed by atoms with Crippen molar-refractivity contribution in [1.82, 2.24) is 5.16 Å². The topological polar surface area (TPSA) is 63.3 Å². The molecule has 1 aromatic heterocycles. The SMILES string of the molecule is CCCCCCc1noc(-c2ccccc2)c1C(=O)O. The number of aromatic carboxylic acids is 1. The molecule has 1 aromatic carbocycles. The van der Waals surface area contributed by atoms with E-state index in [9.17, 15) is 9.90 Å². The number of benzene rings is 1. The van der Waals surface area contributed by atoms with Gasteiger partial charge in [-0.1, -0.05) is 61.7 Å². The average molecular weight is 273 g/mol. The zero-order chi connectivity index (χ0) is 14.4. The summed E-state index contributed by atoms with van der Waals surface area (Å²) in [5.41, 5.74) is 1.50. The van der Waals surface area contributed by atoms with Crippen molar-refractivity contribution in [2.24, 2.45) is 0 Å². The van der Waals surface area contributed by atoms with Gasteiger partial charge in [-0.05, 0) is 12.8 Å². The van der Waals surface area contributed by atoms with Gasteiger partial charge in [0.15, 0.2) is 5.76 Å². The first-order chi connectivity index (χ1) is 9.74. The van der Waals surface area contributed by atoms with Crippen molar-refractivity contribution in [2.75, 3.05) is 0 Å². The van der Waals surface area contributed by atoms with E-state index in [4.69, 9.17) is 4.52 Å². The second-order valence-corrected chi connectivity index (χ2v) is 4.82. The third-order valence-electron chi connectivity index (χ3n) is 3.28. The van der Waals surface area contributed by atoms with Crippen molar-refractivity contribution in [3.63, 3.8) is 0 Å². The van der Waals surface area contributed by atoms with Crippen LogP contribution in [0.4, 0.5) is 0 Å². The summed E-state index contributed by atoms with van der Waals surface area (Å²) in [6.45, 7) is 2.15. The smallest absolute Gasteiger partial charge is 0.341 e. The van der Waals surface area contributed by atoms with E-state index >= 15 is 0 Å². The Balaban J connectivity index is 2.22. The Morgan fingerprint density at radius 3 is 2.60 bits per heavy atom.